The number of nitrogens with zero attached hydrogens (tertiary/aromatic N) is 2. The number of hydrogen-bond donors (Lipinski definition) is 2. The molecule has 0 bridgehead atoms. The highest BCUT2D eigenvalue weighted by Crippen LogP contribution is 2.23. The molecule has 0 aliphatic heterocycles. The van der Waals surface area contributed by atoms with E-state index in [1.165, 1.54) is 13.2 Å². The molecule has 0 unspecified atom stereocenters. The molecule has 0 radical (unpaired) electrons. The maximum absolute atomic E-state index is 13.0. The molecule has 1 heterocycles. The molecule has 3 rings (SSSR count). The fraction of sp³-hybridized carbons (Fsp3) is 0.250. The fourth-order valence-electron chi connectivity index (χ4n) is 2.95. The standard InChI is InChI=1S/C24H26N4O4/c1-15(2)23(30)26-20-13-19(17-11-9-16(3)10-12-17)27-28(24(20)31)14-22(29)25-18-7-5-6-8-21(18)32-4/h5-13,15H,14H2,1-4H3,(H,25,29)(H,26,30). The first-order valence-corrected chi connectivity index (χ1v) is 10.2. The number of rotatable bonds is 7. The van der Waals surface area contributed by atoms with E-state index in [-0.39, 0.29) is 24.1 Å². The summed E-state index contributed by atoms with van der Waals surface area (Å²) in [4.78, 5) is 37.9. The summed E-state index contributed by atoms with van der Waals surface area (Å²) < 4.78 is 6.30. The molecular formula is C24H26N4O4. The molecule has 166 valence electrons. The fourth-order valence-corrected chi connectivity index (χ4v) is 2.95. The van der Waals surface area contributed by atoms with Gasteiger partial charge in [0.1, 0.15) is 18.0 Å². The van der Waals surface area contributed by atoms with Crippen LogP contribution in [0.25, 0.3) is 11.3 Å². The minimum Gasteiger partial charge on any atom is -0.495 e. The number of nitrogens with one attached hydrogen (secondary N) is 2. The van der Waals surface area contributed by atoms with Crippen LogP contribution in [0.15, 0.2) is 59.4 Å². The van der Waals surface area contributed by atoms with Crippen molar-refractivity contribution in [2.24, 2.45) is 5.92 Å². The Hall–Kier alpha value is -3.94. The Kier molecular flexibility index (Phi) is 7.04. The molecule has 2 aromatic carbocycles. The highest BCUT2D eigenvalue weighted by molar-refractivity contribution is 5.93. The van der Waals surface area contributed by atoms with Crippen LogP contribution in [0, 0.1) is 12.8 Å². The molecule has 2 N–H and O–H groups in total. The van der Waals surface area contributed by atoms with Crippen LogP contribution >= 0.6 is 0 Å². The number of hydrogen-bond acceptors (Lipinski definition) is 5. The third-order valence-corrected chi connectivity index (χ3v) is 4.78. The Morgan fingerprint density at radius 3 is 2.38 bits per heavy atom. The molecular weight excluding hydrogens is 408 g/mol. The van der Waals surface area contributed by atoms with E-state index < -0.39 is 11.5 Å². The smallest absolute Gasteiger partial charge is 0.291 e. The topological polar surface area (TPSA) is 102 Å². The van der Waals surface area contributed by atoms with Crippen molar-refractivity contribution < 1.29 is 14.3 Å². The quantitative estimate of drug-likeness (QED) is 0.593. The largest absolute Gasteiger partial charge is 0.495 e. The number of ether oxygens (including phenoxy) is 1. The number of benzene rings is 2. The summed E-state index contributed by atoms with van der Waals surface area (Å²) in [7, 11) is 1.51. The van der Waals surface area contributed by atoms with Crippen molar-refractivity contribution in [1.82, 2.24) is 9.78 Å². The maximum Gasteiger partial charge on any atom is 0.291 e. The third-order valence-electron chi connectivity index (χ3n) is 4.78. The van der Waals surface area contributed by atoms with Gasteiger partial charge in [-0.3, -0.25) is 14.4 Å². The summed E-state index contributed by atoms with van der Waals surface area (Å²) >= 11 is 0. The van der Waals surface area contributed by atoms with Crippen molar-refractivity contribution in [2.45, 2.75) is 27.3 Å². The maximum atomic E-state index is 13.0. The summed E-state index contributed by atoms with van der Waals surface area (Å²) in [6.45, 7) is 5.10. The van der Waals surface area contributed by atoms with Gasteiger partial charge in [0.15, 0.2) is 0 Å². The van der Waals surface area contributed by atoms with Gasteiger partial charge in [-0.2, -0.15) is 5.10 Å². The number of carbonyl (C=O) groups excluding carboxylic acids is 2. The Balaban J connectivity index is 1.96. The minimum atomic E-state index is -0.565. The SMILES string of the molecule is COc1ccccc1NC(=O)Cn1nc(-c2ccc(C)cc2)cc(NC(=O)C(C)C)c1=O. The minimum absolute atomic E-state index is 0.0689. The van der Waals surface area contributed by atoms with Crippen LogP contribution in [0.4, 0.5) is 11.4 Å². The lowest BCUT2D eigenvalue weighted by molar-refractivity contribution is -0.119. The lowest BCUT2D eigenvalue weighted by atomic mass is 10.1. The Labute approximate surface area is 186 Å². The van der Waals surface area contributed by atoms with Crippen molar-refractivity contribution in [3.63, 3.8) is 0 Å². The predicted octanol–water partition coefficient (Wildman–Crippen LogP) is 3.46. The van der Waals surface area contributed by atoms with Gasteiger partial charge in [0.05, 0.1) is 18.5 Å². The average molecular weight is 434 g/mol. The number of carbonyl (C=O) groups is 2. The Morgan fingerprint density at radius 2 is 1.72 bits per heavy atom. The first-order chi connectivity index (χ1) is 15.3. The zero-order chi connectivity index (χ0) is 23.3. The predicted molar refractivity (Wildman–Crippen MR) is 124 cm³/mol. The van der Waals surface area contributed by atoms with E-state index in [2.05, 4.69) is 15.7 Å². The average Bonchev–Trinajstić information content (AvgIpc) is 2.77. The van der Waals surface area contributed by atoms with Gasteiger partial charge in [-0.1, -0.05) is 55.8 Å². The molecule has 1 aromatic heterocycles. The van der Waals surface area contributed by atoms with Crippen LogP contribution in [0.5, 0.6) is 5.75 Å². The summed E-state index contributed by atoms with van der Waals surface area (Å²) in [5, 5.41) is 9.75. The number of aromatic nitrogens is 2. The first kappa shape index (κ1) is 22.7. The van der Waals surface area contributed by atoms with E-state index in [1.54, 1.807) is 38.1 Å². The van der Waals surface area contributed by atoms with Crippen LogP contribution in [0.1, 0.15) is 19.4 Å². The summed E-state index contributed by atoms with van der Waals surface area (Å²) in [5.41, 5.74) is 2.29. The van der Waals surface area contributed by atoms with E-state index in [9.17, 15) is 14.4 Å². The van der Waals surface area contributed by atoms with Gasteiger partial charge in [-0.15, -0.1) is 0 Å². The van der Waals surface area contributed by atoms with E-state index in [0.717, 1.165) is 15.8 Å². The molecule has 2 amide bonds. The van der Waals surface area contributed by atoms with Crippen molar-refractivity contribution in [1.29, 1.82) is 0 Å². The number of para-hydroxylation sites is 2. The van der Waals surface area contributed by atoms with E-state index >= 15 is 0 Å². The van der Waals surface area contributed by atoms with Gasteiger partial charge >= 0.3 is 0 Å². The van der Waals surface area contributed by atoms with Gasteiger partial charge in [0.2, 0.25) is 11.8 Å². The second-order valence-electron chi connectivity index (χ2n) is 7.66. The molecule has 8 heteroatoms. The van der Waals surface area contributed by atoms with E-state index in [4.69, 9.17) is 4.74 Å². The highest BCUT2D eigenvalue weighted by atomic mass is 16.5. The zero-order valence-electron chi connectivity index (χ0n) is 18.5. The summed E-state index contributed by atoms with van der Waals surface area (Å²) in [6, 6.07) is 16.1. The number of aryl methyl sites for hydroxylation is 1. The van der Waals surface area contributed by atoms with Gasteiger partial charge in [-0.25, -0.2) is 4.68 Å². The molecule has 0 atom stereocenters. The Morgan fingerprint density at radius 1 is 1.03 bits per heavy atom. The lowest BCUT2D eigenvalue weighted by Gasteiger charge is -2.14. The number of amides is 2. The normalized spacial score (nSPS) is 10.7. The van der Waals surface area contributed by atoms with Gasteiger partial charge in [0.25, 0.3) is 5.56 Å². The van der Waals surface area contributed by atoms with Gasteiger partial charge < -0.3 is 15.4 Å². The van der Waals surface area contributed by atoms with Crippen LogP contribution in [-0.4, -0.2) is 28.7 Å². The Bertz CT molecular complexity index is 1180. The van der Waals surface area contributed by atoms with Gasteiger partial charge in [0, 0.05) is 11.5 Å². The molecule has 0 fully saturated rings. The van der Waals surface area contributed by atoms with E-state index in [0.29, 0.717) is 17.1 Å². The molecule has 0 saturated heterocycles. The molecule has 0 aliphatic carbocycles. The van der Waals surface area contributed by atoms with Crippen molar-refractivity contribution in [3.05, 3.63) is 70.5 Å². The second-order valence-corrected chi connectivity index (χ2v) is 7.66. The molecule has 0 spiro atoms. The van der Waals surface area contributed by atoms with Crippen LogP contribution in [0.2, 0.25) is 0 Å². The van der Waals surface area contributed by atoms with E-state index in [1.807, 2.05) is 31.2 Å². The second kappa shape index (κ2) is 9.91. The number of methoxy groups -OCH3 is 1. The molecule has 32 heavy (non-hydrogen) atoms. The monoisotopic (exact) mass is 434 g/mol. The van der Waals surface area contributed by atoms with Crippen molar-refractivity contribution in [2.75, 3.05) is 17.7 Å². The van der Waals surface area contributed by atoms with Crippen molar-refractivity contribution in [3.8, 4) is 17.0 Å². The molecule has 0 saturated carbocycles. The van der Waals surface area contributed by atoms with Crippen LogP contribution in [0.3, 0.4) is 0 Å². The summed E-state index contributed by atoms with van der Waals surface area (Å²) in [6.07, 6.45) is 0. The molecule has 8 nitrogen and oxygen atoms in total. The van der Waals surface area contributed by atoms with Crippen LogP contribution in [-0.2, 0) is 16.1 Å². The third kappa shape index (κ3) is 5.40. The van der Waals surface area contributed by atoms with Crippen molar-refractivity contribution >= 4 is 23.2 Å². The molecule has 0 aliphatic rings. The summed E-state index contributed by atoms with van der Waals surface area (Å²) in [5.74, 6) is -0.563. The van der Waals surface area contributed by atoms with Gasteiger partial charge in [-0.05, 0) is 25.1 Å². The number of anilines is 2. The highest BCUT2D eigenvalue weighted by Gasteiger charge is 2.17. The lowest BCUT2D eigenvalue weighted by Crippen LogP contribution is -2.33. The molecule has 3 aromatic rings. The van der Waals surface area contributed by atoms with Crippen LogP contribution < -0.4 is 20.9 Å². The first-order valence-electron chi connectivity index (χ1n) is 10.2. The zero-order valence-corrected chi connectivity index (χ0v) is 18.5.